The van der Waals surface area contributed by atoms with E-state index in [-0.39, 0.29) is 17.6 Å². The van der Waals surface area contributed by atoms with E-state index < -0.39 is 5.91 Å². The number of carbonyl (C=O) groups is 1. The fraction of sp³-hybridized carbons (Fsp3) is 0.286. The summed E-state index contributed by atoms with van der Waals surface area (Å²) in [5.74, 6) is -0.272. The number of primary amides is 1. The largest absolute Gasteiger partial charge is 0.481 e. The predicted molar refractivity (Wildman–Crippen MR) is 46.7 cm³/mol. The third-order valence-electron chi connectivity index (χ3n) is 1.38. The van der Waals surface area contributed by atoms with Gasteiger partial charge in [-0.2, -0.15) is 4.98 Å². The highest BCUT2D eigenvalue weighted by molar-refractivity contribution is 6.17. The Bertz CT molecular complexity index is 330. The van der Waals surface area contributed by atoms with Gasteiger partial charge in [-0.3, -0.25) is 4.79 Å². The van der Waals surface area contributed by atoms with Crippen LogP contribution < -0.4 is 10.5 Å². The maximum Gasteiger partial charge on any atom is 0.286 e. The molecule has 0 saturated heterocycles. The van der Waals surface area contributed by atoms with Crippen molar-refractivity contribution >= 4 is 17.5 Å². The number of aromatic nitrogens is 2. The number of ether oxygens (including phenoxy) is 1. The molecule has 0 bridgehead atoms. The number of hydrogen-bond acceptors (Lipinski definition) is 4. The van der Waals surface area contributed by atoms with Crippen molar-refractivity contribution in [2.75, 3.05) is 7.11 Å². The van der Waals surface area contributed by atoms with Crippen molar-refractivity contribution in [3.05, 3.63) is 17.6 Å². The summed E-state index contributed by atoms with van der Waals surface area (Å²) in [5, 5.41) is 0. The number of alkyl halides is 1. The summed E-state index contributed by atoms with van der Waals surface area (Å²) in [6.07, 6.45) is 1.42. The van der Waals surface area contributed by atoms with E-state index in [0.29, 0.717) is 5.56 Å². The third kappa shape index (κ3) is 2.06. The Morgan fingerprint density at radius 2 is 2.46 bits per heavy atom. The first kappa shape index (κ1) is 9.73. The molecule has 1 heterocycles. The van der Waals surface area contributed by atoms with E-state index in [1.807, 2.05) is 0 Å². The monoisotopic (exact) mass is 201 g/mol. The van der Waals surface area contributed by atoms with Crippen LogP contribution >= 0.6 is 11.6 Å². The Morgan fingerprint density at radius 3 is 2.92 bits per heavy atom. The lowest BCUT2D eigenvalue weighted by Gasteiger charge is -2.04. The van der Waals surface area contributed by atoms with E-state index >= 15 is 0 Å². The van der Waals surface area contributed by atoms with Gasteiger partial charge in [0.2, 0.25) is 11.7 Å². The number of halogens is 1. The van der Waals surface area contributed by atoms with Gasteiger partial charge in [-0.05, 0) is 0 Å². The highest BCUT2D eigenvalue weighted by Crippen LogP contribution is 2.15. The first-order chi connectivity index (χ1) is 6.19. The van der Waals surface area contributed by atoms with E-state index in [1.165, 1.54) is 13.3 Å². The average Bonchev–Trinajstić information content (AvgIpc) is 2.16. The molecule has 0 aliphatic rings. The van der Waals surface area contributed by atoms with Gasteiger partial charge in [-0.1, -0.05) is 0 Å². The van der Waals surface area contributed by atoms with Gasteiger partial charge in [0, 0.05) is 11.8 Å². The van der Waals surface area contributed by atoms with Crippen LogP contribution in [0.1, 0.15) is 16.2 Å². The summed E-state index contributed by atoms with van der Waals surface area (Å²) >= 11 is 5.57. The van der Waals surface area contributed by atoms with Crippen LogP contribution in [-0.2, 0) is 5.88 Å². The summed E-state index contributed by atoms with van der Waals surface area (Å²) < 4.78 is 4.88. The lowest BCUT2D eigenvalue weighted by atomic mass is 10.3. The van der Waals surface area contributed by atoms with Gasteiger partial charge in [0.1, 0.15) is 0 Å². The summed E-state index contributed by atoms with van der Waals surface area (Å²) in [5.41, 5.74) is 5.60. The normalized spacial score (nSPS) is 9.69. The van der Waals surface area contributed by atoms with Crippen LogP contribution in [0.3, 0.4) is 0 Å². The molecule has 6 heteroatoms. The summed E-state index contributed by atoms with van der Waals surface area (Å²) in [6.45, 7) is 0. The molecule has 13 heavy (non-hydrogen) atoms. The quantitative estimate of drug-likeness (QED) is 0.715. The SMILES string of the molecule is COc1nc(C(N)=O)ncc1CCl. The minimum atomic E-state index is -0.695. The zero-order chi connectivity index (χ0) is 9.84. The summed E-state index contributed by atoms with van der Waals surface area (Å²) in [6, 6.07) is 0. The molecule has 2 N–H and O–H groups in total. The van der Waals surface area contributed by atoms with Gasteiger partial charge in [-0.25, -0.2) is 4.98 Å². The van der Waals surface area contributed by atoms with Crippen LogP contribution in [0.5, 0.6) is 5.88 Å². The van der Waals surface area contributed by atoms with E-state index in [2.05, 4.69) is 9.97 Å². The average molecular weight is 202 g/mol. The smallest absolute Gasteiger partial charge is 0.286 e. The third-order valence-corrected chi connectivity index (χ3v) is 1.67. The molecule has 0 fully saturated rings. The van der Waals surface area contributed by atoms with Gasteiger partial charge >= 0.3 is 0 Å². The van der Waals surface area contributed by atoms with E-state index in [4.69, 9.17) is 22.1 Å². The standard InChI is InChI=1S/C7H8ClN3O2/c1-13-7-4(2-8)3-10-6(11-7)5(9)12/h3H,2H2,1H3,(H2,9,12). The Labute approximate surface area is 79.9 Å². The lowest BCUT2D eigenvalue weighted by molar-refractivity contribution is 0.0989. The number of carbonyl (C=O) groups excluding carboxylic acids is 1. The fourth-order valence-corrected chi connectivity index (χ4v) is 0.962. The highest BCUT2D eigenvalue weighted by Gasteiger charge is 2.09. The van der Waals surface area contributed by atoms with Crippen LogP contribution in [0.15, 0.2) is 6.20 Å². The van der Waals surface area contributed by atoms with E-state index in [1.54, 1.807) is 0 Å². The van der Waals surface area contributed by atoms with Crippen molar-refractivity contribution in [3.63, 3.8) is 0 Å². The number of methoxy groups -OCH3 is 1. The first-order valence-electron chi connectivity index (χ1n) is 3.44. The predicted octanol–water partition coefficient (Wildman–Crippen LogP) is 0.323. The maximum atomic E-state index is 10.7. The molecule has 0 aromatic carbocycles. The number of nitrogens with zero attached hydrogens (tertiary/aromatic N) is 2. The van der Waals surface area contributed by atoms with Gasteiger partial charge in [0.05, 0.1) is 13.0 Å². The molecule has 0 saturated carbocycles. The molecular formula is C7H8ClN3O2. The Kier molecular flexibility index (Phi) is 3.02. The minimum Gasteiger partial charge on any atom is -0.481 e. The van der Waals surface area contributed by atoms with Crippen molar-refractivity contribution < 1.29 is 9.53 Å². The second kappa shape index (κ2) is 4.04. The number of rotatable bonds is 3. The fourth-order valence-electron chi connectivity index (χ4n) is 0.778. The van der Waals surface area contributed by atoms with Crippen LogP contribution in [-0.4, -0.2) is 23.0 Å². The van der Waals surface area contributed by atoms with Crippen molar-refractivity contribution in [2.45, 2.75) is 5.88 Å². The van der Waals surface area contributed by atoms with Gasteiger partial charge in [-0.15, -0.1) is 11.6 Å². The van der Waals surface area contributed by atoms with Gasteiger partial charge in [0.15, 0.2) is 0 Å². The molecule has 1 aromatic heterocycles. The van der Waals surface area contributed by atoms with Crippen LogP contribution in [0.2, 0.25) is 0 Å². The number of hydrogen-bond donors (Lipinski definition) is 1. The molecule has 0 aliphatic heterocycles. The molecule has 0 atom stereocenters. The molecule has 5 nitrogen and oxygen atoms in total. The topological polar surface area (TPSA) is 78.1 Å². The molecule has 70 valence electrons. The van der Waals surface area contributed by atoms with E-state index in [9.17, 15) is 4.79 Å². The molecule has 0 radical (unpaired) electrons. The molecule has 0 spiro atoms. The maximum absolute atomic E-state index is 10.7. The number of nitrogens with two attached hydrogens (primary N) is 1. The Morgan fingerprint density at radius 1 is 1.77 bits per heavy atom. The zero-order valence-electron chi connectivity index (χ0n) is 6.95. The first-order valence-corrected chi connectivity index (χ1v) is 3.98. The molecule has 0 aliphatic carbocycles. The second-order valence-corrected chi connectivity index (χ2v) is 2.49. The van der Waals surface area contributed by atoms with Crippen molar-refractivity contribution in [1.82, 2.24) is 9.97 Å². The minimum absolute atomic E-state index is 0.0780. The second-order valence-electron chi connectivity index (χ2n) is 2.23. The lowest BCUT2D eigenvalue weighted by Crippen LogP contribution is -2.16. The van der Waals surface area contributed by atoms with Crippen LogP contribution in [0.25, 0.3) is 0 Å². The summed E-state index contributed by atoms with van der Waals surface area (Å²) in [4.78, 5) is 18.2. The van der Waals surface area contributed by atoms with Gasteiger partial charge in [0.25, 0.3) is 5.91 Å². The van der Waals surface area contributed by atoms with Crippen molar-refractivity contribution in [2.24, 2.45) is 5.73 Å². The number of amides is 1. The van der Waals surface area contributed by atoms with Crippen LogP contribution in [0.4, 0.5) is 0 Å². The highest BCUT2D eigenvalue weighted by atomic mass is 35.5. The van der Waals surface area contributed by atoms with Crippen LogP contribution in [0, 0.1) is 0 Å². The van der Waals surface area contributed by atoms with Crippen molar-refractivity contribution in [1.29, 1.82) is 0 Å². The van der Waals surface area contributed by atoms with Gasteiger partial charge < -0.3 is 10.5 Å². The molecule has 0 unspecified atom stereocenters. The summed E-state index contributed by atoms with van der Waals surface area (Å²) in [7, 11) is 1.43. The van der Waals surface area contributed by atoms with Crippen molar-refractivity contribution in [3.8, 4) is 5.88 Å². The molecule has 1 aromatic rings. The molecular weight excluding hydrogens is 194 g/mol. The zero-order valence-corrected chi connectivity index (χ0v) is 7.71. The molecule has 1 amide bonds. The van der Waals surface area contributed by atoms with E-state index in [0.717, 1.165) is 0 Å². The Balaban J connectivity index is 3.13. The Hall–Kier alpha value is -1.36. The molecule has 1 rings (SSSR count).